The van der Waals surface area contributed by atoms with Gasteiger partial charge >= 0.3 is 0 Å². The largest absolute Gasteiger partial charge is 0.495 e. The zero-order valence-electron chi connectivity index (χ0n) is 11.9. The monoisotopic (exact) mass is 284 g/mol. The van der Waals surface area contributed by atoms with Crippen molar-refractivity contribution in [3.05, 3.63) is 47.5 Å². The molecule has 0 aliphatic heterocycles. The van der Waals surface area contributed by atoms with Gasteiger partial charge in [0.15, 0.2) is 11.5 Å². The lowest BCUT2D eigenvalue weighted by Crippen LogP contribution is -1.99. The van der Waals surface area contributed by atoms with Crippen molar-refractivity contribution in [1.82, 2.24) is 0 Å². The van der Waals surface area contributed by atoms with Crippen LogP contribution in [0.25, 0.3) is 0 Å². The predicted molar refractivity (Wildman–Crippen MR) is 79.4 cm³/mol. The summed E-state index contributed by atoms with van der Waals surface area (Å²) in [5.74, 6) is 1.72. The molecule has 2 rings (SSSR count). The van der Waals surface area contributed by atoms with Crippen molar-refractivity contribution in [1.29, 1.82) is 5.26 Å². The van der Waals surface area contributed by atoms with Crippen LogP contribution in [0.2, 0.25) is 0 Å². The molecule has 5 heteroatoms. The number of nitrogen functional groups attached to an aromatic ring is 1. The summed E-state index contributed by atoms with van der Waals surface area (Å²) in [6.45, 7) is 0.336. The van der Waals surface area contributed by atoms with E-state index in [2.05, 4.69) is 6.07 Å². The maximum atomic E-state index is 8.95. The van der Waals surface area contributed by atoms with Crippen LogP contribution in [-0.2, 0) is 6.61 Å². The van der Waals surface area contributed by atoms with Gasteiger partial charge in [-0.3, -0.25) is 0 Å². The summed E-state index contributed by atoms with van der Waals surface area (Å²) in [5.41, 5.74) is 7.69. The number of rotatable bonds is 5. The highest BCUT2D eigenvalue weighted by Gasteiger charge is 2.07. The molecule has 0 aliphatic rings. The smallest absolute Gasteiger partial charge is 0.162 e. The van der Waals surface area contributed by atoms with Crippen LogP contribution in [0.5, 0.6) is 17.2 Å². The minimum Gasteiger partial charge on any atom is -0.495 e. The first kappa shape index (κ1) is 14.5. The predicted octanol–water partition coefficient (Wildman–Crippen LogP) is 2.74. The third kappa shape index (κ3) is 3.37. The Labute approximate surface area is 123 Å². The molecule has 2 N–H and O–H groups in total. The minimum absolute atomic E-state index is 0.336. The molecule has 0 unspecified atom stereocenters. The number of nitrogens with zero attached hydrogens (tertiary/aromatic N) is 1. The molecule has 0 radical (unpaired) electrons. The van der Waals surface area contributed by atoms with E-state index in [4.69, 9.17) is 25.2 Å². The Morgan fingerprint density at radius 3 is 2.43 bits per heavy atom. The van der Waals surface area contributed by atoms with E-state index in [1.165, 1.54) is 7.11 Å². The van der Waals surface area contributed by atoms with Crippen LogP contribution >= 0.6 is 0 Å². The van der Waals surface area contributed by atoms with Crippen molar-refractivity contribution in [2.75, 3.05) is 20.0 Å². The van der Waals surface area contributed by atoms with Crippen LogP contribution in [0, 0.1) is 11.3 Å². The highest BCUT2D eigenvalue weighted by atomic mass is 16.5. The zero-order chi connectivity index (χ0) is 15.2. The van der Waals surface area contributed by atoms with Gasteiger partial charge in [0.05, 0.1) is 19.8 Å². The average Bonchev–Trinajstić information content (AvgIpc) is 2.53. The summed E-state index contributed by atoms with van der Waals surface area (Å²) < 4.78 is 16.1. The lowest BCUT2D eigenvalue weighted by atomic mass is 10.1. The third-order valence-corrected chi connectivity index (χ3v) is 2.97. The van der Waals surface area contributed by atoms with Crippen molar-refractivity contribution in [2.24, 2.45) is 0 Å². The Hall–Kier alpha value is -2.87. The van der Waals surface area contributed by atoms with Gasteiger partial charge in [-0.05, 0) is 29.8 Å². The van der Waals surface area contributed by atoms with Crippen molar-refractivity contribution >= 4 is 5.69 Å². The Morgan fingerprint density at radius 2 is 1.76 bits per heavy atom. The van der Waals surface area contributed by atoms with Gasteiger partial charge in [0.2, 0.25) is 0 Å². The second-order valence-electron chi connectivity index (χ2n) is 4.35. The summed E-state index contributed by atoms with van der Waals surface area (Å²) in [5, 5.41) is 8.95. The molecule has 0 aliphatic carbocycles. The van der Waals surface area contributed by atoms with Gasteiger partial charge in [0.1, 0.15) is 18.4 Å². The van der Waals surface area contributed by atoms with Crippen molar-refractivity contribution in [3.63, 3.8) is 0 Å². The van der Waals surface area contributed by atoms with Crippen LogP contribution < -0.4 is 19.9 Å². The second-order valence-corrected chi connectivity index (χ2v) is 4.35. The fourth-order valence-corrected chi connectivity index (χ4v) is 1.88. The molecule has 0 heterocycles. The van der Waals surface area contributed by atoms with Crippen LogP contribution in [0.15, 0.2) is 36.4 Å². The molecule has 21 heavy (non-hydrogen) atoms. The number of ether oxygens (including phenoxy) is 3. The molecule has 0 amide bonds. The normalized spacial score (nSPS) is 9.76. The Morgan fingerprint density at radius 1 is 1.00 bits per heavy atom. The number of nitrogens with two attached hydrogens (primary N) is 1. The maximum absolute atomic E-state index is 8.95. The van der Waals surface area contributed by atoms with Crippen molar-refractivity contribution in [3.8, 4) is 23.3 Å². The second kappa shape index (κ2) is 6.53. The van der Waals surface area contributed by atoms with Gasteiger partial charge in [-0.2, -0.15) is 5.26 Å². The molecule has 0 saturated carbocycles. The highest BCUT2D eigenvalue weighted by Crippen LogP contribution is 2.30. The zero-order valence-corrected chi connectivity index (χ0v) is 11.9. The number of nitriles is 1. The number of anilines is 1. The van der Waals surface area contributed by atoms with E-state index in [1.807, 2.05) is 6.07 Å². The van der Waals surface area contributed by atoms with Crippen molar-refractivity contribution in [2.45, 2.75) is 6.61 Å². The Kier molecular flexibility index (Phi) is 4.52. The lowest BCUT2D eigenvalue weighted by molar-refractivity contribution is 0.284. The van der Waals surface area contributed by atoms with Gasteiger partial charge in [0, 0.05) is 11.8 Å². The quantitative estimate of drug-likeness (QED) is 0.854. The highest BCUT2D eigenvalue weighted by molar-refractivity contribution is 5.52. The summed E-state index contributed by atoms with van der Waals surface area (Å²) in [6.07, 6.45) is 0. The fourth-order valence-electron chi connectivity index (χ4n) is 1.88. The first-order valence-electron chi connectivity index (χ1n) is 6.31. The van der Waals surface area contributed by atoms with E-state index >= 15 is 0 Å². The van der Waals surface area contributed by atoms with Crippen LogP contribution in [-0.4, -0.2) is 14.2 Å². The molecule has 5 nitrogen and oxygen atoms in total. The molecule has 2 aromatic rings. The number of benzene rings is 2. The van der Waals surface area contributed by atoms with Gasteiger partial charge in [-0.1, -0.05) is 6.07 Å². The number of hydrogen-bond donors (Lipinski definition) is 1. The SMILES string of the molecule is COc1cc(COc2ccc(N)cc2OC)ccc1C#N. The number of methoxy groups -OCH3 is 2. The summed E-state index contributed by atoms with van der Waals surface area (Å²) >= 11 is 0. The van der Waals surface area contributed by atoms with Crippen LogP contribution in [0.4, 0.5) is 5.69 Å². The van der Waals surface area contributed by atoms with E-state index in [0.717, 1.165) is 5.56 Å². The summed E-state index contributed by atoms with van der Waals surface area (Å²) in [6, 6.07) is 12.6. The molecule has 0 atom stereocenters. The van der Waals surface area contributed by atoms with Crippen LogP contribution in [0.1, 0.15) is 11.1 Å². The average molecular weight is 284 g/mol. The summed E-state index contributed by atoms with van der Waals surface area (Å²) in [4.78, 5) is 0. The first-order valence-corrected chi connectivity index (χ1v) is 6.31. The molecule has 0 fully saturated rings. The van der Waals surface area contributed by atoms with Gasteiger partial charge < -0.3 is 19.9 Å². The van der Waals surface area contributed by atoms with E-state index < -0.39 is 0 Å². The van der Waals surface area contributed by atoms with Gasteiger partial charge in [-0.15, -0.1) is 0 Å². The standard InChI is InChI=1S/C16H16N2O3/c1-19-15-7-11(3-4-12(15)9-17)10-21-14-6-5-13(18)8-16(14)20-2/h3-8H,10,18H2,1-2H3. The summed E-state index contributed by atoms with van der Waals surface area (Å²) in [7, 11) is 3.09. The topological polar surface area (TPSA) is 77.5 Å². The maximum Gasteiger partial charge on any atom is 0.162 e. The molecule has 2 aromatic carbocycles. The molecule has 0 spiro atoms. The molecule has 0 aromatic heterocycles. The third-order valence-electron chi connectivity index (χ3n) is 2.97. The van der Waals surface area contributed by atoms with E-state index in [1.54, 1.807) is 37.4 Å². The molecular formula is C16H16N2O3. The number of hydrogen-bond acceptors (Lipinski definition) is 5. The van der Waals surface area contributed by atoms with E-state index in [0.29, 0.717) is 35.1 Å². The van der Waals surface area contributed by atoms with Crippen molar-refractivity contribution < 1.29 is 14.2 Å². The lowest BCUT2D eigenvalue weighted by Gasteiger charge is -2.12. The van der Waals surface area contributed by atoms with Gasteiger partial charge in [0.25, 0.3) is 0 Å². The molecule has 0 saturated heterocycles. The van der Waals surface area contributed by atoms with E-state index in [-0.39, 0.29) is 0 Å². The molecule has 0 bridgehead atoms. The Bertz CT molecular complexity index is 678. The Balaban J connectivity index is 2.15. The first-order chi connectivity index (χ1) is 10.2. The molecular weight excluding hydrogens is 268 g/mol. The van der Waals surface area contributed by atoms with Crippen LogP contribution in [0.3, 0.4) is 0 Å². The minimum atomic E-state index is 0.336. The van der Waals surface area contributed by atoms with Gasteiger partial charge in [-0.25, -0.2) is 0 Å². The fraction of sp³-hybridized carbons (Fsp3) is 0.188. The van der Waals surface area contributed by atoms with E-state index in [9.17, 15) is 0 Å². The molecule has 108 valence electrons.